The van der Waals surface area contributed by atoms with Gasteiger partial charge in [-0.2, -0.15) is 0 Å². The number of carbonyl (C=O) groups excluding carboxylic acids is 1. The Kier molecular flexibility index (Phi) is 8.46. The van der Waals surface area contributed by atoms with E-state index < -0.39 is 0 Å². The monoisotopic (exact) mass is 413 g/mol. The molecule has 0 saturated heterocycles. The van der Waals surface area contributed by atoms with Crippen LogP contribution in [-0.4, -0.2) is 23.9 Å². The van der Waals surface area contributed by atoms with E-state index in [1.807, 2.05) is 35.2 Å². The average molecular weight is 414 g/mol. The summed E-state index contributed by atoms with van der Waals surface area (Å²) in [5, 5.41) is 2.14. The summed E-state index contributed by atoms with van der Waals surface area (Å²) >= 11 is 0. The fourth-order valence-corrected chi connectivity index (χ4v) is 4.07. The molecule has 2 nitrogen and oxygen atoms in total. The average Bonchev–Trinajstić information content (AvgIpc) is 2.78. The highest BCUT2D eigenvalue weighted by Crippen LogP contribution is 2.23. The lowest BCUT2D eigenvalue weighted by molar-refractivity contribution is 0.0753. The molecule has 162 valence electrons. The number of fused-ring (bicyclic) bond motifs is 1. The Balaban J connectivity index is 1.92. The van der Waals surface area contributed by atoms with Gasteiger partial charge in [0, 0.05) is 18.7 Å². The molecule has 0 fully saturated rings. The summed E-state index contributed by atoms with van der Waals surface area (Å²) in [6.45, 7) is 8.03. The number of rotatable bonds is 10. The van der Waals surface area contributed by atoms with Crippen molar-refractivity contribution in [3.63, 3.8) is 0 Å². The zero-order valence-electron chi connectivity index (χ0n) is 19.2. The van der Waals surface area contributed by atoms with Crippen LogP contribution in [0.15, 0.2) is 78.4 Å². The van der Waals surface area contributed by atoms with E-state index in [1.54, 1.807) is 0 Å². The van der Waals surface area contributed by atoms with E-state index in [4.69, 9.17) is 0 Å². The van der Waals surface area contributed by atoms with Crippen molar-refractivity contribution < 1.29 is 4.79 Å². The minimum atomic E-state index is 0.125. The van der Waals surface area contributed by atoms with Crippen molar-refractivity contribution in [1.29, 1.82) is 0 Å². The molecule has 3 aromatic carbocycles. The molecule has 0 atom stereocenters. The van der Waals surface area contributed by atoms with Crippen LogP contribution in [0.4, 0.5) is 0 Å². The summed E-state index contributed by atoms with van der Waals surface area (Å²) in [6.07, 6.45) is 6.88. The Bertz CT molecular complexity index is 998. The molecule has 0 aromatic heterocycles. The first-order valence-electron chi connectivity index (χ1n) is 11.6. The smallest absolute Gasteiger partial charge is 0.254 e. The predicted molar refractivity (Wildman–Crippen MR) is 133 cm³/mol. The van der Waals surface area contributed by atoms with Gasteiger partial charge in [-0.3, -0.25) is 4.79 Å². The Labute approximate surface area is 187 Å². The minimum Gasteiger partial charge on any atom is -0.334 e. The van der Waals surface area contributed by atoms with Crippen LogP contribution in [0, 0.1) is 5.92 Å². The standard InChI is InChI=1S/C29H35NO/c1-4-5-7-15-25(20-24-13-8-6-9-14-24)22-30(21-23(2)3)29(31)28-19-12-17-26-16-10-11-18-27(26)28/h6,8-14,16-20,23H,4-5,7,15,21-22H2,1-3H3/b25-20+. The lowest BCUT2D eigenvalue weighted by Gasteiger charge is -2.27. The van der Waals surface area contributed by atoms with Crippen LogP contribution in [0.25, 0.3) is 16.8 Å². The molecule has 0 unspecified atom stereocenters. The second-order valence-electron chi connectivity index (χ2n) is 8.78. The maximum atomic E-state index is 13.7. The molecular weight excluding hydrogens is 378 g/mol. The quantitative estimate of drug-likeness (QED) is 0.313. The van der Waals surface area contributed by atoms with Gasteiger partial charge in [0.2, 0.25) is 0 Å². The lowest BCUT2D eigenvalue weighted by atomic mass is 10.0. The molecule has 31 heavy (non-hydrogen) atoms. The number of benzene rings is 3. The topological polar surface area (TPSA) is 20.3 Å². The lowest BCUT2D eigenvalue weighted by Crippen LogP contribution is -2.36. The van der Waals surface area contributed by atoms with Crippen LogP contribution in [0.1, 0.15) is 62.4 Å². The zero-order chi connectivity index (χ0) is 22.1. The molecule has 3 rings (SSSR count). The fourth-order valence-electron chi connectivity index (χ4n) is 4.07. The molecule has 0 aliphatic rings. The van der Waals surface area contributed by atoms with Crippen molar-refractivity contribution in [2.45, 2.75) is 46.5 Å². The summed E-state index contributed by atoms with van der Waals surface area (Å²) in [5.41, 5.74) is 3.33. The predicted octanol–water partition coefficient (Wildman–Crippen LogP) is 7.60. The van der Waals surface area contributed by atoms with Crippen LogP contribution >= 0.6 is 0 Å². The molecule has 0 aliphatic heterocycles. The van der Waals surface area contributed by atoms with E-state index in [-0.39, 0.29) is 5.91 Å². The first-order valence-corrected chi connectivity index (χ1v) is 11.6. The molecule has 3 aromatic rings. The first kappa shape index (κ1) is 22.8. The SMILES string of the molecule is CCCCC/C(=C\c1ccccc1)CN(CC(C)C)C(=O)c1cccc2ccccc12. The number of unbranched alkanes of at least 4 members (excludes halogenated alkanes) is 2. The van der Waals surface area contributed by atoms with E-state index in [1.165, 1.54) is 24.0 Å². The molecule has 0 radical (unpaired) electrons. The number of nitrogens with zero attached hydrogens (tertiary/aromatic N) is 1. The molecule has 0 heterocycles. The highest BCUT2D eigenvalue weighted by molar-refractivity contribution is 6.07. The summed E-state index contributed by atoms with van der Waals surface area (Å²) in [6, 6.07) is 24.7. The van der Waals surface area contributed by atoms with Crippen LogP contribution in [-0.2, 0) is 0 Å². The van der Waals surface area contributed by atoms with Gasteiger partial charge in [0.15, 0.2) is 0 Å². The number of amides is 1. The van der Waals surface area contributed by atoms with E-state index in [2.05, 4.69) is 69.3 Å². The molecule has 2 heteroatoms. The van der Waals surface area contributed by atoms with E-state index >= 15 is 0 Å². The zero-order valence-corrected chi connectivity index (χ0v) is 19.2. The third-order valence-electron chi connectivity index (χ3n) is 5.56. The van der Waals surface area contributed by atoms with Gasteiger partial charge in [0.05, 0.1) is 0 Å². The van der Waals surface area contributed by atoms with E-state index in [0.29, 0.717) is 12.5 Å². The van der Waals surface area contributed by atoms with Crippen molar-refractivity contribution in [2.24, 2.45) is 5.92 Å². The highest BCUT2D eigenvalue weighted by Gasteiger charge is 2.20. The molecule has 1 amide bonds. The van der Waals surface area contributed by atoms with Crippen molar-refractivity contribution in [3.05, 3.63) is 89.5 Å². The maximum Gasteiger partial charge on any atom is 0.254 e. The van der Waals surface area contributed by atoms with Crippen molar-refractivity contribution in [3.8, 4) is 0 Å². The van der Waals surface area contributed by atoms with Crippen molar-refractivity contribution in [2.75, 3.05) is 13.1 Å². The van der Waals surface area contributed by atoms with E-state index in [0.717, 1.165) is 35.7 Å². The van der Waals surface area contributed by atoms with Gasteiger partial charge in [0.1, 0.15) is 0 Å². The Morgan fingerprint density at radius 1 is 0.903 bits per heavy atom. The molecule has 0 saturated carbocycles. The van der Waals surface area contributed by atoms with Crippen LogP contribution < -0.4 is 0 Å². The summed E-state index contributed by atoms with van der Waals surface area (Å²) in [5.74, 6) is 0.535. The summed E-state index contributed by atoms with van der Waals surface area (Å²) < 4.78 is 0. The van der Waals surface area contributed by atoms with Crippen molar-refractivity contribution >= 4 is 22.8 Å². The molecule has 0 bridgehead atoms. The third kappa shape index (κ3) is 6.55. The van der Waals surface area contributed by atoms with Gasteiger partial charge >= 0.3 is 0 Å². The first-order chi connectivity index (χ1) is 15.1. The van der Waals surface area contributed by atoms with Gasteiger partial charge in [-0.15, -0.1) is 0 Å². The molecule has 0 spiro atoms. The number of hydrogen-bond acceptors (Lipinski definition) is 1. The van der Waals surface area contributed by atoms with Gasteiger partial charge in [-0.05, 0) is 41.2 Å². The maximum absolute atomic E-state index is 13.7. The molecule has 0 aliphatic carbocycles. The van der Waals surface area contributed by atoms with Gasteiger partial charge in [-0.25, -0.2) is 0 Å². The van der Waals surface area contributed by atoms with Crippen molar-refractivity contribution in [1.82, 2.24) is 4.90 Å². The normalized spacial score (nSPS) is 11.8. The Morgan fingerprint density at radius 3 is 2.35 bits per heavy atom. The summed E-state index contributed by atoms with van der Waals surface area (Å²) in [7, 11) is 0. The minimum absolute atomic E-state index is 0.125. The van der Waals surface area contributed by atoms with Crippen LogP contribution in [0.3, 0.4) is 0 Å². The molecule has 0 N–H and O–H groups in total. The Morgan fingerprint density at radius 2 is 1.61 bits per heavy atom. The summed E-state index contributed by atoms with van der Waals surface area (Å²) in [4.78, 5) is 15.8. The third-order valence-corrected chi connectivity index (χ3v) is 5.56. The molecular formula is C29H35NO. The van der Waals surface area contributed by atoms with Gasteiger partial charge < -0.3 is 4.90 Å². The fraction of sp³-hybridized carbons (Fsp3) is 0.345. The van der Waals surface area contributed by atoms with Gasteiger partial charge in [-0.1, -0.05) is 112 Å². The van der Waals surface area contributed by atoms with E-state index in [9.17, 15) is 4.79 Å². The van der Waals surface area contributed by atoms with Gasteiger partial charge in [0.25, 0.3) is 5.91 Å². The largest absolute Gasteiger partial charge is 0.334 e. The number of carbonyl (C=O) groups is 1. The van der Waals surface area contributed by atoms with Crippen LogP contribution in [0.2, 0.25) is 0 Å². The second kappa shape index (κ2) is 11.5. The Hall–Kier alpha value is -2.87. The second-order valence-corrected chi connectivity index (χ2v) is 8.78. The number of hydrogen-bond donors (Lipinski definition) is 0. The highest BCUT2D eigenvalue weighted by atomic mass is 16.2. The van der Waals surface area contributed by atoms with Crippen LogP contribution in [0.5, 0.6) is 0 Å².